The summed E-state index contributed by atoms with van der Waals surface area (Å²) < 4.78 is 0. The Bertz CT molecular complexity index is 751. The molecule has 5 heteroatoms. The molecular formula is C22H27N3O2. The van der Waals surface area contributed by atoms with Gasteiger partial charge in [0.2, 0.25) is 11.8 Å². The zero-order valence-electron chi connectivity index (χ0n) is 15.8. The van der Waals surface area contributed by atoms with Crippen LogP contribution in [0.2, 0.25) is 0 Å². The summed E-state index contributed by atoms with van der Waals surface area (Å²) in [6, 6.07) is 17.7. The van der Waals surface area contributed by atoms with E-state index in [1.807, 2.05) is 61.5 Å². The average molecular weight is 365 g/mol. The second-order valence-corrected chi connectivity index (χ2v) is 6.91. The third kappa shape index (κ3) is 5.33. The topological polar surface area (TPSA) is 61.4 Å². The molecule has 1 aliphatic heterocycles. The van der Waals surface area contributed by atoms with Crippen molar-refractivity contribution in [3.05, 3.63) is 60.2 Å². The molecule has 0 aliphatic carbocycles. The highest BCUT2D eigenvalue weighted by Crippen LogP contribution is 2.24. The average Bonchev–Trinajstić information content (AvgIpc) is 2.69. The third-order valence-electron chi connectivity index (χ3n) is 4.94. The lowest BCUT2D eigenvalue weighted by molar-refractivity contribution is -0.125. The summed E-state index contributed by atoms with van der Waals surface area (Å²) in [6.45, 7) is 4.40. The highest BCUT2D eigenvalue weighted by Gasteiger charge is 2.24. The van der Waals surface area contributed by atoms with Crippen molar-refractivity contribution in [2.45, 2.75) is 26.2 Å². The first-order valence-electron chi connectivity index (χ1n) is 9.62. The van der Waals surface area contributed by atoms with Gasteiger partial charge in [0, 0.05) is 36.9 Å². The van der Waals surface area contributed by atoms with E-state index < -0.39 is 0 Å². The van der Waals surface area contributed by atoms with Crippen molar-refractivity contribution in [1.82, 2.24) is 5.32 Å². The predicted octanol–water partition coefficient (Wildman–Crippen LogP) is 3.22. The Labute approximate surface area is 160 Å². The van der Waals surface area contributed by atoms with E-state index in [4.69, 9.17) is 0 Å². The van der Waals surface area contributed by atoms with Gasteiger partial charge in [-0.1, -0.05) is 30.3 Å². The van der Waals surface area contributed by atoms with Gasteiger partial charge < -0.3 is 15.5 Å². The fourth-order valence-electron chi connectivity index (χ4n) is 3.46. The second kappa shape index (κ2) is 9.21. The van der Waals surface area contributed by atoms with Gasteiger partial charge in [-0.05, 0) is 49.6 Å². The van der Waals surface area contributed by atoms with Gasteiger partial charge in [0.25, 0.3) is 0 Å². The molecule has 0 saturated carbocycles. The Morgan fingerprint density at radius 2 is 1.67 bits per heavy atom. The van der Waals surface area contributed by atoms with Crippen LogP contribution in [0.3, 0.4) is 0 Å². The first-order chi connectivity index (χ1) is 13.2. The maximum Gasteiger partial charge on any atom is 0.228 e. The van der Waals surface area contributed by atoms with Gasteiger partial charge >= 0.3 is 0 Å². The molecule has 0 atom stereocenters. The molecule has 1 heterocycles. The van der Waals surface area contributed by atoms with Crippen LogP contribution in [-0.2, 0) is 16.0 Å². The molecule has 0 unspecified atom stereocenters. The highest BCUT2D eigenvalue weighted by molar-refractivity contribution is 5.92. The van der Waals surface area contributed by atoms with Gasteiger partial charge in [0.15, 0.2) is 0 Å². The number of hydrogen-bond donors (Lipinski definition) is 2. The number of carbonyl (C=O) groups is 2. The number of piperidine rings is 1. The Morgan fingerprint density at radius 1 is 1.00 bits per heavy atom. The van der Waals surface area contributed by atoms with Gasteiger partial charge in [-0.15, -0.1) is 0 Å². The molecule has 3 rings (SSSR count). The number of amides is 2. The molecule has 0 radical (unpaired) electrons. The molecule has 2 N–H and O–H groups in total. The third-order valence-corrected chi connectivity index (χ3v) is 4.94. The van der Waals surface area contributed by atoms with Crippen LogP contribution in [0, 0.1) is 5.92 Å². The molecule has 0 aromatic heterocycles. The first-order valence-corrected chi connectivity index (χ1v) is 9.62. The molecule has 27 heavy (non-hydrogen) atoms. The number of hydrogen-bond acceptors (Lipinski definition) is 3. The molecule has 2 amide bonds. The van der Waals surface area contributed by atoms with E-state index in [9.17, 15) is 9.59 Å². The van der Waals surface area contributed by atoms with E-state index in [0.717, 1.165) is 42.9 Å². The largest absolute Gasteiger partial charge is 0.371 e. The van der Waals surface area contributed by atoms with E-state index in [0.29, 0.717) is 13.0 Å². The maximum atomic E-state index is 12.2. The fraction of sp³-hybridized carbons (Fsp3) is 0.364. The standard InChI is InChI=1S/C22H27N3O2/c1-2-23-22(27)18-12-14-25(15-13-18)20-10-8-19(9-11-20)24-21(26)16-17-6-4-3-5-7-17/h3-11,18H,2,12-16H2,1H3,(H,23,27)(H,24,26). The molecule has 5 nitrogen and oxygen atoms in total. The van der Waals surface area contributed by atoms with Gasteiger partial charge in [-0.25, -0.2) is 0 Å². The van der Waals surface area contributed by atoms with Crippen LogP contribution in [0.1, 0.15) is 25.3 Å². The van der Waals surface area contributed by atoms with Crippen molar-refractivity contribution in [2.75, 3.05) is 29.9 Å². The van der Waals surface area contributed by atoms with Crippen LogP contribution in [0.15, 0.2) is 54.6 Å². The Morgan fingerprint density at radius 3 is 2.30 bits per heavy atom. The summed E-state index contributed by atoms with van der Waals surface area (Å²) in [5.41, 5.74) is 2.93. The van der Waals surface area contributed by atoms with Crippen molar-refractivity contribution in [1.29, 1.82) is 0 Å². The quantitative estimate of drug-likeness (QED) is 0.826. The van der Waals surface area contributed by atoms with Crippen LogP contribution in [0.4, 0.5) is 11.4 Å². The number of benzene rings is 2. The number of nitrogens with one attached hydrogen (secondary N) is 2. The Hall–Kier alpha value is -2.82. The predicted molar refractivity (Wildman–Crippen MR) is 109 cm³/mol. The lowest BCUT2D eigenvalue weighted by Crippen LogP contribution is -2.40. The lowest BCUT2D eigenvalue weighted by Gasteiger charge is -2.33. The molecule has 2 aromatic carbocycles. The summed E-state index contributed by atoms with van der Waals surface area (Å²) in [6.07, 6.45) is 2.12. The smallest absolute Gasteiger partial charge is 0.228 e. The van der Waals surface area contributed by atoms with Crippen LogP contribution < -0.4 is 15.5 Å². The summed E-state index contributed by atoms with van der Waals surface area (Å²) in [7, 11) is 0. The van der Waals surface area contributed by atoms with Gasteiger partial charge in [0.1, 0.15) is 0 Å². The normalized spacial score (nSPS) is 14.6. The molecule has 2 aromatic rings. The van der Waals surface area contributed by atoms with Crippen molar-refractivity contribution in [3.8, 4) is 0 Å². The lowest BCUT2D eigenvalue weighted by atomic mass is 9.95. The number of rotatable bonds is 6. The second-order valence-electron chi connectivity index (χ2n) is 6.91. The van der Waals surface area contributed by atoms with Crippen molar-refractivity contribution in [2.24, 2.45) is 5.92 Å². The number of anilines is 2. The SMILES string of the molecule is CCNC(=O)C1CCN(c2ccc(NC(=O)Cc3ccccc3)cc2)CC1. The van der Waals surface area contributed by atoms with E-state index in [2.05, 4.69) is 15.5 Å². The molecule has 0 bridgehead atoms. The molecule has 1 fully saturated rings. The Kier molecular flexibility index (Phi) is 6.47. The van der Waals surface area contributed by atoms with Gasteiger partial charge in [-0.3, -0.25) is 9.59 Å². The molecule has 142 valence electrons. The minimum Gasteiger partial charge on any atom is -0.371 e. The summed E-state index contributed by atoms with van der Waals surface area (Å²) >= 11 is 0. The summed E-state index contributed by atoms with van der Waals surface area (Å²) in [4.78, 5) is 26.4. The maximum absolute atomic E-state index is 12.2. The van der Waals surface area contributed by atoms with Gasteiger partial charge in [-0.2, -0.15) is 0 Å². The zero-order chi connectivity index (χ0) is 19.1. The van der Waals surface area contributed by atoms with Gasteiger partial charge in [0.05, 0.1) is 6.42 Å². The first kappa shape index (κ1) is 19.0. The Balaban J connectivity index is 1.50. The van der Waals surface area contributed by atoms with Crippen LogP contribution in [0.25, 0.3) is 0 Å². The fourth-order valence-corrected chi connectivity index (χ4v) is 3.46. The summed E-state index contributed by atoms with van der Waals surface area (Å²) in [5.74, 6) is 0.281. The molecule has 1 aliphatic rings. The minimum atomic E-state index is -0.0169. The number of nitrogens with zero attached hydrogens (tertiary/aromatic N) is 1. The highest BCUT2D eigenvalue weighted by atomic mass is 16.2. The van der Waals surface area contributed by atoms with E-state index >= 15 is 0 Å². The van der Waals surface area contributed by atoms with Crippen LogP contribution >= 0.6 is 0 Å². The molecule has 0 spiro atoms. The van der Waals surface area contributed by atoms with Crippen LogP contribution in [-0.4, -0.2) is 31.4 Å². The van der Waals surface area contributed by atoms with Crippen molar-refractivity contribution >= 4 is 23.2 Å². The van der Waals surface area contributed by atoms with E-state index in [1.165, 1.54) is 0 Å². The summed E-state index contributed by atoms with van der Waals surface area (Å²) in [5, 5.41) is 5.86. The number of carbonyl (C=O) groups excluding carboxylic acids is 2. The minimum absolute atomic E-state index is 0.0169. The van der Waals surface area contributed by atoms with E-state index in [1.54, 1.807) is 0 Å². The van der Waals surface area contributed by atoms with E-state index in [-0.39, 0.29) is 17.7 Å². The van der Waals surface area contributed by atoms with Crippen molar-refractivity contribution in [3.63, 3.8) is 0 Å². The zero-order valence-corrected chi connectivity index (χ0v) is 15.8. The van der Waals surface area contributed by atoms with Crippen molar-refractivity contribution < 1.29 is 9.59 Å². The monoisotopic (exact) mass is 365 g/mol. The molecule has 1 saturated heterocycles. The van der Waals surface area contributed by atoms with Crippen LogP contribution in [0.5, 0.6) is 0 Å². The molecular weight excluding hydrogens is 338 g/mol.